The fourth-order valence-electron chi connectivity index (χ4n) is 2.04. The molecule has 1 aromatic rings. The second-order valence-electron chi connectivity index (χ2n) is 4.19. The van der Waals surface area contributed by atoms with E-state index in [2.05, 4.69) is 17.6 Å². The number of rotatable bonds is 7. The van der Waals surface area contributed by atoms with Gasteiger partial charge in [-0.05, 0) is 50.1 Å². The summed E-state index contributed by atoms with van der Waals surface area (Å²) in [7, 11) is 5.40. The van der Waals surface area contributed by atoms with E-state index in [4.69, 9.17) is 9.47 Å². The third-order valence-corrected chi connectivity index (χ3v) is 3.73. The van der Waals surface area contributed by atoms with E-state index in [9.17, 15) is 0 Å². The van der Waals surface area contributed by atoms with Crippen LogP contribution in [0.2, 0.25) is 0 Å². The van der Waals surface area contributed by atoms with Gasteiger partial charge in [0.1, 0.15) is 11.5 Å². The second-order valence-corrected chi connectivity index (χ2v) is 5.17. The minimum absolute atomic E-state index is 0.293. The molecule has 0 bridgehead atoms. The molecule has 0 radical (unpaired) electrons. The summed E-state index contributed by atoms with van der Waals surface area (Å²) in [5.74, 6) is 2.95. The van der Waals surface area contributed by atoms with Gasteiger partial charge in [0.25, 0.3) is 0 Å². The van der Waals surface area contributed by atoms with Crippen LogP contribution in [0, 0.1) is 6.92 Å². The van der Waals surface area contributed by atoms with Gasteiger partial charge in [0.2, 0.25) is 0 Å². The first kappa shape index (κ1) is 15.2. The van der Waals surface area contributed by atoms with Crippen molar-refractivity contribution >= 4 is 11.8 Å². The normalized spacial score (nSPS) is 12.3. The van der Waals surface area contributed by atoms with Gasteiger partial charge < -0.3 is 14.8 Å². The molecule has 1 unspecified atom stereocenters. The number of methoxy groups -OCH3 is 2. The van der Waals surface area contributed by atoms with Crippen molar-refractivity contribution in [2.75, 3.05) is 33.3 Å². The largest absolute Gasteiger partial charge is 0.496 e. The van der Waals surface area contributed by atoms with Crippen LogP contribution >= 0.6 is 11.8 Å². The van der Waals surface area contributed by atoms with E-state index in [1.165, 1.54) is 0 Å². The summed E-state index contributed by atoms with van der Waals surface area (Å²) in [6.07, 6.45) is 3.19. The Labute approximate surface area is 114 Å². The maximum Gasteiger partial charge on any atom is 0.124 e. The highest BCUT2D eigenvalue weighted by molar-refractivity contribution is 7.98. The summed E-state index contributed by atoms with van der Waals surface area (Å²) >= 11 is 1.85. The summed E-state index contributed by atoms with van der Waals surface area (Å²) in [4.78, 5) is 0. The Morgan fingerprint density at radius 1 is 1.22 bits per heavy atom. The van der Waals surface area contributed by atoms with E-state index < -0.39 is 0 Å². The van der Waals surface area contributed by atoms with Crippen molar-refractivity contribution in [3.05, 3.63) is 23.3 Å². The van der Waals surface area contributed by atoms with Crippen molar-refractivity contribution in [1.29, 1.82) is 0 Å². The van der Waals surface area contributed by atoms with Crippen molar-refractivity contribution in [2.45, 2.75) is 19.4 Å². The maximum absolute atomic E-state index is 5.49. The lowest BCUT2D eigenvalue weighted by Crippen LogP contribution is -2.18. The minimum Gasteiger partial charge on any atom is -0.496 e. The monoisotopic (exact) mass is 269 g/mol. The van der Waals surface area contributed by atoms with Crippen molar-refractivity contribution < 1.29 is 9.47 Å². The molecule has 0 aliphatic carbocycles. The van der Waals surface area contributed by atoms with Crippen LogP contribution in [-0.2, 0) is 0 Å². The Balaban J connectivity index is 3.09. The lowest BCUT2D eigenvalue weighted by molar-refractivity contribution is 0.389. The molecular weight excluding hydrogens is 246 g/mol. The van der Waals surface area contributed by atoms with Gasteiger partial charge in [-0.3, -0.25) is 0 Å². The highest BCUT2D eigenvalue weighted by Gasteiger charge is 2.16. The molecule has 0 aliphatic rings. The Morgan fingerprint density at radius 3 is 2.39 bits per heavy atom. The Morgan fingerprint density at radius 2 is 1.89 bits per heavy atom. The lowest BCUT2D eigenvalue weighted by Gasteiger charge is -2.21. The molecular formula is C14H23NO2S. The molecule has 102 valence electrons. The summed E-state index contributed by atoms with van der Waals surface area (Å²) < 4.78 is 10.9. The fourth-order valence-corrected chi connectivity index (χ4v) is 2.51. The Bertz CT molecular complexity index is 382. The van der Waals surface area contributed by atoms with Gasteiger partial charge in [-0.15, -0.1) is 0 Å². The van der Waals surface area contributed by atoms with Crippen LogP contribution in [0.25, 0.3) is 0 Å². The molecule has 0 saturated heterocycles. The number of hydrogen-bond donors (Lipinski definition) is 1. The van der Waals surface area contributed by atoms with E-state index in [1.54, 1.807) is 14.2 Å². The number of hydrogen-bond acceptors (Lipinski definition) is 4. The first-order valence-corrected chi connectivity index (χ1v) is 7.46. The van der Waals surface area contributed by atoms with Crippen LogP contribution in [-0.4, -0.2) is 33.3 Å². The van der Waals surface area contributed by atoms with Gasteiger partial charge >= 0.3 is 0 Å². The molecule has 1 N–H and O–H groups in total. The van der Waals surface area contributed by atoms with Gasteiger partial charge in [0.05, 0.1) is 14.2 Å². The topological polar surface area (TPSA) is 30.5 Å². The van der Waals surface area contributed by atoms with Crippen molar-refractivity contribution in [2.24, 2.45) is 0 Å². The van der Waals surface area contributed by atoms with E-state index in [-0.39, 0.29) is 0 Å². The zero-order valence-electron chi connectivity index (χ0n) is 11.9. The van der Waals surface area contributed by atoms with Crippen LogP contribution < -0.4 is 14.8 Å². The molecule has 1 rings (SSSR count). The van der Waals surface area contributed by atoms with E-state index in [0.29, 0.717) is 6.04 Å². The smallest absolute Gasteiger partial charge is 0.124 e. The molecule has 1 aromatic carbocycles. The standard InChI is InChI=1S/C14H23NO2S/c1-10-8-14(17-4)11(9-13(10)16-3)12(15-2)6-7-18-5/h8-9,12,15H,6-7H2,1-5H3. The van der Waals surface area contributed by atoms with Crippen LogP contribution in [0.1, 0.15) is 23.6 Å². The molecule has 0 heterocycles. The van der Waals surface area contributed by atoms with Crippen molar-refractivity contribution in [3.63, 3.8) is 0 Å². The molecule has 0 fully saturated rings. The molecule has 18 heavy (non-hydrogen) atoms. The predicted octanol–water partition coefficient (Wildman–Crippen LogP) is 3.03. The van der Waals surface area contributed by atoms with Crippen molar-refractivity contribution in [3.8, 4) is 11.5 Å². The number of benzene rings is 1. The molecule has 0 aliphatic heterocycles. The van der Waals surface area contributed by atoms with Crippen LogP contribution in [0.3, 0.4) is 0 Å². The Kier molecular flexibility index (Phi) is 6.36. The zero-order valence-corrected chi connectivity index (χ0v) is 12.7. The van der Waals surface area contributed by atoms with E-state index in [1.807, 2.05) is 31.8 Å². The first-order valence-electron chi connectivity index (χ1n) is 6.06. The molecule has 0 spiro atoms. The van der Waals surface area contributed by atoms with Crippen LogP contribution in [0.4, 0.5) is 0 Å². The summed E-state index contributed by atoms with van der Waals surface area (Å²) in [6.45, 7) is 2.03. The lowest BCUT2D eigenvalue weighted by atomic mass is 10.0. The number of nitrogens with one attached hydrogen (secondary N) is 1. The van der Waals surface area contributed by atoms with Gasteiger partial charge in [-0.2, -0.15) is 11.8 Å². The van der Waals surface area contributed by atoms with Gasteiger partial charge in [-0.25, -0.2) is 0 Å². The van der Waals surface area contributed by atoms with E-state index >= 15 is 0 Å². The molecule has 3 nitrogen and oxygen atoms in total. The van der Waals surface area contributed by atoms with Gasteiger partial charge in [-0.1, -0.05) is 0 Å². The third-order valence-electron chi connectivity index (χ3n) is 3.08. The summed E-state index contributed by atoms with van der Waals surface area (Å²) in [5, 5.41) is 3.35. The fraction of sp³-hybridized carbons (Fsp3) is 0.571. The number of aryl methyl sites for hydroxylation is 1. The molecule has 0 amide bonds. The number of ether oxygens (including phenoxy) is 2. The van der Waals surface area contributed by atoms with E-state index in [0.717, 1.165) is 34.8 Å². The predicted molar refractivity (Wildman–Crippen MR) is 79.1 cm³/mol. The quantitative estimate of drug-likeness (QED) is 0.824. The second kappa shape index (κ2) is 7.54. The highest BCUT2D eigenvalue weighted by Crippen LogP contribution is 2.33. The van der Waals surface area contributed by atoms with Gasteiger partial charge in [0.15, 0.2) is 0 Å². The number of thioether (sulfide) groups is 1. The third kappa shape index (κ3) is 3.56. The van der Waals surface area contributed by atoms with Crippen molar-refractivity contribution in [1.82, 2.24) is 5.32 Å². The average Bonchev–Trinajstić information content (AvgIpc) is 2.40. The molecule has 4 heteroatoms. The summed E-state index contributed by atoms with van der Waals surface area (Å²) in [5.41, 5.74) is 2.26. The van der Waals surface area contributed by atoms with Crippen LogP contribution in [0.5, 0.6) is 11.5 Å². The first-order chi connectivity index (χ1) is 8.67. The molecule has 0 aromatic heterocycles. The average molecular weight is 269 g/mol. The zero-order chi connectivity index (χ0) is 13.5. The summed E-state index contributed by atoms with van der Waals surface area (Å²) in [6, 6.07) is 4.41. The minimum atomic E-state index is 0.293. The van der Waals surface area contributed by atoms with Gasteiger partial charge in [0, 0.05) is 11.6 Å². The van der Waals surface area contributed by atoms with Crippen LogP contribution in [0.15, 0.2) is 12.1 Å². The SMILES string of the molecule is CNC(CCSC)c1cc(OC)c(C)cc1OC. The maximum atomic E-state index is 5.49. The Hall–Kier alpha value is -0.870. The molecule has 0 saturated carbocycles. The highest BCUT2D eigenvalue weighted by atomic mass is 32.2. The molecule has 1 atom stereocenters.